The number of carbonyl (C=O) groups is 1. The highest BCUT2D eigenvalue weighted by Gasteiger charge is 2.51. The number of nitriles is 1. The number of sulfonamides is 1. The Morgan fingerprint density at radius 1 is 1.11 bits per heavy atom. The maximum atomic E-state index is 13.0. The van der Waals surface area contributed by atoms with Gasteiger partial charge in [0.05, 0.1) is 22.8 Å². The van der Waals surface area contributed by atoms with Gasteiger partial charge < -0.3 is 10.6 Å². The molecule has 1 aliphatic carbocycles. The maximum Gasteiger partial charge on any atom is 0.244 e. The van der Waals surface area contributed by atoms with Crippen molar-refractivity contribution in [2.75, 3.05) is 11.9 Å². The number of nitrogens with zero attached hydrogens (tertiary/aromatic N) is 3. The van der Waals surface area contributed by atoms with Crippen molar-refractivity contribution in [3.63, 3.8) is 0 Å². The van der Waals surface area contributed by atoms with Gasteiger partial charge in [-0.15, -0.1) is 0 Å². The molecule has 1 saturated carbocycles. The Bertz CT molecular complexity index is 1140. The molecular formula is C25H36N6O3S. The van der Waals surface area contributed by atoms with Crippen molar-refractivity contribution in [2.45, 2.75) is 94.5 Å². The SMILES string of the molecule is CC(C)(C)N1Cc2cc(NC3NN([C@H]4CCCCC[C@H]4C#N)C4CCNC(=O)C34)ccc2S1(=O)=O. The van der Waals surface area contributed by atoms with Gasteiger partial charge in [-0.3, -0.25) is 4.79 Å². The van der Waals surface area contributed by atoms with E-state index in [9.17, 15) is 18.5 Å². The molecule has 1 aromatic rings. The summed E-state index contributed by atoms with van der Waals surface area (Å²) in [6.45, 7) is 6.66. The number of nitrogens with one attached hydrogen (secondary N) is 3. The Hall–Kier alpha value is -2.19. The van der Waals surface area contributed by atoms with E-state index in [2.05, 4.69) is 27.1 Å². The molecule has 9 nitrogen and oxygen atoms in total. The van der Waals surface area contributed by atoms with E-state index in [4.69, 9.17) is 0 Å². The minimum atomic E-state index is -3.52. The van der Waals surface area contributed by atoms with E-state index in [1.165, 1.54) is 4.31 Å². The zero-order chi connectivity index (χ0) is 25.0. The highest BCUT2D eigenvalue weighted by atomic mass is 32.2. The number of benzene rings is 1. The fourth-order valence-corrected chi connectivity index (χ4v) is 8.22. The number of anilines is 1. The number of hydrazine groups is 1. The first-order valence-electron chi connectivity index (χ1n) is 12.8. The van der Waals surface area contributed by atoms with E-state index in [-0.39, 0.29) is 36.0 Å². The summed E-state index contributed by atoms with van der Waals surface area (Å²) in [7, 11) is -3.52. The second-order valence-electron chi connectivity index (χ2n) is 11.3. The summed E-state index contributed by atoms with van der Waals surface area (Å²) in [4.78, 5) is 13.3. The van der Waals surface area contributed by atoms with Crippen LogP contribution in [0.25, 0.3) is 0 Å². The van der Waals surface area contributed by atoms with Crippen LogP contribution in [-0.4, -0.2) is 54.0 Å². The van der Waals surface area contributed by atoms with Crippen molar-refractivity contribution >= 4 is 21.6 Å². The third kappa shape index (κ3) is 4.33. The first-order chi connectivity index (χ1) is 16.6. The lowest BCUT2D eigenvalue weighted by molar-refractivity contribution is -0.128. The van der Waals surface area contributed by atoms with Crippen LogP contribution in [0.2, 0.25) is 0 Å². The number of piperidine rings is 1. The Balaban J connectivity index is 1.41. The van der Waals surface area contributed by atoms with Gasteiger partial charge in [-0.25, -0.2) is 18.9 Å². The lowest BCUT2D eigenvalue weighted by Crippen LogP contribution is -2.53. The van der Waals surface area contributed by atoms with Crippen LogP contribution in [-0.2, 0) is 21.4 Å². The molecule has 190 valence electrons. The standard InChI is InChI=1S/C25H36N6O3S/c1-25(2,3)30-15-17-13-18(9-10-21(17)35(30,33)34)28-23-22-20(11-12-27-24(22)32)31(29-23)19-8-6-4-5-7-16(19)14-26/h9-10,13,16,19-20,22-23,28-29H,4-8,11-12,15H2,1-3H3,(H,27,32)/t16-,19-,20?,22?,23?/m0/s1. The smallest absolute Gasteiger partial charge is 0.244 e. The second kappa shape index (κ2) is 9.04. The number of hydrogen-bond acceptors (Lipinski definition) is 7. The van der Waals surface area contributed by atoms with Crippen molar-refractivity contribution in [3.05, 3.63) is 23.8 Å². The average Bonchev–Trinajstić information content (AvgIpc) is 3.17. The zero-order valence-corrected chi connectivity index (χ0v) is 21.6. The van der Waals surface area contributed by atoms with Gasteiger partial charge in [-0.1, -0.05) is 19.3 Å². The van der Waals surface area contributed by atoms with Crippen molar-refractivity contribution in [1.29, 1.82) is 5.26 Å². The van der Waals surface area contributed by atoms with Gasteiger partial charge in [0.1, 0.15) is 6.17 Å². The summed E-state index contributed by atoms with van der Waals surface area (Å²) < 4.78 is 27.6. The van der Waals surface area contributed by atoms with Crippen LogP contribution in [0.5, 0.6) is 0 Å². The second-order valence-corrected chi connectivity index (χ2v) is 13.1. The molecule has 3 fully saturated rings. The monoisotopic (exact) mass is 500 g/mol. The first-order valence-corrected chi connectivity index (χ1v) is 14.2. The van der Waals surface area contributed by atoms with Gasteiger partial charge in [-0.2, -0.15) is 9.57 Å². The van der Waals surface area contributed by atoms with Crippen molar-refractivity contribution in [1.82, 2.24) is 20.1 Å². The molecule has 0 bridgehead atoms. The Morgan fingerprint density at radius 3 is 2.63 bits per heavy atom. The Kier molecular flexibility index (Phi) is 6.33. The number of amides is 1. The van der Waals surface area contributed by atoms with Crippen LogP contribution in [0.1, 0.15) is 64.9 Å². The summed E-state index contributed by atoms with van der Waals surface area (Å²) >= 11 is 0. The molecule has 0 spiro atoms. The molecule has 5 rings (SSSR count). The van der Waals surface area contributed by atoms with Gasteiger partial charge in [-0.05, 0) is 63.8 Å². The van der Waals surface area contributed by atoms with E-state index >= 15 is 0 Å². The van der Waals surface area contributed by atoms with Gasteiger partial charge in [0.15, 0.2) is 0 Å². The number of hydrogen-bond donors (Lipinski definition) is 3. The van der Waals surface area contributed by atoms with Crippen LogP contribution >= 0.6 is 0 Å². The molecule has 4 aliphatic rings. The summed E-state index contributed by atoms with van der Waals surface area (Å²) in [5.74, 6) is -0.337. The van der Waals surface area contributed by atoms with Gasteiger partial charge in [0.2, 0.25) is 15.9 Å². The molecule has 2 saturated heterocycles. The topological polar surface area (TPSA) is 118 Å². The molecular weight excluding hydrogens is 464 g/mol. The number of carbonyl (C=O) groups excluding carboxylic acids is 1. The molecule has 3 heterocycles. The van der Waals surface area contributed by atoms with E-state index < -0.39 is 15.6 Å². The lowest BCUT2D eigenvalue weighted by atomic mass is 9.88. The van der Waals surface area contributed by atoms with Crippen molar-refractivity contribution in [3.8, 4) is 6.07 Å². The van der Waals surface area contributed by atoms with E-state index in [0.717, 1.165) is 49.8 Å². The molecule has 5 atom stereocenters. The quantitative estimate of drug-likeness (QED) is 0.546. The molecule has 3 aliphatic heterocycles. The van der Waals surface area contributed by atoms with Gasteiger partial charge >= 0.3 is 0 Å². The molecule has 0 aromatic heterocycles. The lowest BCUT2D eigenvalue weighted by Gasteiger charge is -2.36. The number of fused-ring (bicyclic) bond motifs is 2. The predicted octanol–water partition coefficient (Wildman–Crippen LogP) is 2.52. The first kappa shape index (κ1) is 24.5. The molecule has 3 unspecified atom stereocenters. The van der Waals surface area contributed by atoms with Crippen LogP contribution in [0.3, 0.4) is 0 Å². The zero-order valence-electron chi connectivity index (χ0n) is 20.8. The predicted molar refractivity (Wildman–Crippen MR) is 132 cm³/mol. The fraction of sp³-hybridized carbons (Fsp3) is 0.680. The average molecular weight is 501 g/mol. The Labute approximate surface area is 208 Å². The van der Waals surface area contributed by atoms with E-state index in [1.807, 2.05) is 26.8 Å². The highest BCUT2D eigenvalue weighted by Crippen LogP contribution is 2.39. The molecule has 35 heavy (non-hydrogen) atoms. The minimum absolute atomic E-state index is 0.0125. The fourth-order valence-electron chi connectivity index (χ4n) is 6.25. The summed E-state index contributed by atoms with van der Waals surface area (Å²) in [6, 6.07) is 7.97. The third-order valence-corrected chi connectivity index (χ3v) is 10.2. The van der Waals surface area contributed by atoms with Gasteiger partial charge in [0, 0.05) is 36.4 Å². The van der Waals surface area contributed by atoms with Gasteiger partial charge in [0.25, 0.3) is 0 Å². The molecule has 0 radical (unpaired) electrons. The maximum absolute atomic E-state index is 13.0. The molecule has 1 amide bonds. The molecule has 1 aromatic carbocycles. The van der Waals surface area contributed by atoms with Crippen molar-refractivity contribution in [2.24, 2.45) is 11.8 Å². The largest absolute Gasteiger partial charge is 0.368 e. The minimum Gasteiger partial charge on any atom is -0.368 e. The Morgan fingerprint density at radius 2 is 1.89 bits per heavy atom. The summed E-state index contributed by atoms with van der Waals surface area (Å²) in [5, 5.41) is 18.6. The van der Waals surface area contributed by atoms with Crippen LogP contribution in [0, 0.1) is 23.2 Å². The van der Waals surface area contributed by atoms with Crippen LogP contribution < -0.4 is 16.1 Å². The molecule has 3 N–H and O–H groups in total. The van der Waals surface area contributed by atoms with E-state index in [1.54, 1.807) is 12.1 Å². The molecule has 10 heteroatoms. The number of rotatable bonds is 3. The normalized spacial score (nSPS) is 33.3. The third-order valence-electron chi connectivity index (χ3n) is 7.98. The van der Waals surface area contributed by atoms with E-state index in [0.29, 0.717) is 18.0 Å². The summed E-state index contributed by atoms with van der Waals surface area (Å²) in [6.07, 6.45) is 5.64. The van der Waals surface area contributed by atoms with Crippen molar-refractivity contribution < 1.29 is 13.2 Å². The summed E-state index contributed by atoms with van der Waals surface area (Å²) in [5.41, 5.74) is 4.60. The van der Waals surface area contributed by atoms with Crippen LogP contribution in [0.15, 0.2) is 23.1 Å². The van der Waals surface area contributed by atoms with Crippen LogP contribution in [0.4, 0.5) is 5.69 Å². The highest BCUT2D eigenvalue weighted by molar-refractivity contribution is 7.89.